The maximum absolute atomic E-state index is 12.9. The molecule has 170 valence electrons. The Balaban J connectivity index is 1.50. The van der Waals surface area contributed by atoms with Crippen LogP contribution in [0.1, 0.15) is 26.3 Å². The average molecular weight is 547 g/mol. The van der Waals surface area contributed by atoms with Crippen LogP contribution >= 0.6 is 39.1 Å². The molecule has 0 saturated carbocycles. The van der Waals surface area contributed by atoms with Crippen LogP contribution in [0.2, 0.25) is 10.0 Å². The quantitative estimate of drug-likeness (QED) is 0.419. The number of para-hydroxylation sites is 1. The Morgan fingerprint density at radius 3 is 2.30 bits per heavy atom. The molecule has 1 aliphatic rings. The number of nitrogens with one attached hydrogen (secondary N) is 1. The lowest BCUT2D eigenvalue weighted by Crippen LogP contribution is -2.49. The number of halogens is 3. The average Bonchev–Trinajstić information content (AvgIpc) is 2.81. The molecule has 1 N–H and O–H groups in total. The summed E-state index contributed by atoms with van der Waals surface area (Å²) < 4.78 is 0.762. The zero-order chi connectivity index (χ0) is 23.5. The van der Waals surface area contributed by atoms with Crippen LogP contribution in [-0.2, 0) is 0 Å². The predicted octanol–water partition coefficient (Wildman–Crippen LogP) is 6.28. The minimum absolute atomic E-state index is 0.0200. The van der Waals surface area contributed by atoms with E-state index in [1.54, 1.807) is 30.3 Å². The largest absolute Gasteiger partial charge is 0.365 e. The first kappa shape index (κ1) is 23.6. The van der Waals surface area contributed by atoms with Crippen molar-refractivity contribution in [2.24, 2.45) is 0 Å². The van der Waals surface area contributed by atoms with Gasteiger partial charge in [-0.15, -0.1) is 0 Å². The van der Waals surface area contributed by atoms with Gasteiger partial charge in [-0.05, 0) is 49.4 Å². The molecule has 1 saturated heterocycles. The first-order valence-electron chi connectivity index (χ1n) is 10.5. The number of piperazine rings is 1. The summed E-state index contributed by atoms with van der Waals surface area (Å²) in [5.74, 6) is -0.301. The Morgan fingerprint density at radius 2 is 1.61 bits per heavy atom. The molecule has 33 heavy (non-hydrogen) atoms. The van der Waals surface area contributed by atoms with E-state index in [2.05, 4.69) is 26.1 Å². The van der Waals surface area contributed by atoms with Gasteiger partial charge < -0.3 is 15.1 Å². The normalized spacial score (nSPS) is 13.7. The van der Waals surface area contributed by atoms with E-state index in [0.29, 0.717) is 53.0 Å². The molecule has 1 fully saturated rings. The number of carbonyl (C=O) groups excluding carboxylic acids is 2. The molecule has 8 heteroatoms. The van der Waals surface area contributed by atoms with Crippen molar-refractivity contribution in [2.45, 2.75) is 6.92 Å². The first-order valence-corrected chi connectivity index (χ1v) is 12.0. The fourth-order valence-electron chi connectivity index (χ4n) is 3.81. The smallest absolute Gasteiger partial charge is 0.257 e. The highest BCUT2D eigenvalue weighted by Crippen LogP contribution is 2.35. The summed E-state index contributed by atoms with van der Waals surface area (Å²) in [5.41, 5.74) is 3.51. The molecular weight excluding hydrogens is 525 g/mol. The van der Waals surface area contributed by atoms with Crippen molar-refractivity contribution in [3.8, 4) is 0 Å². The molecule has 2 amide bonds. The number of hydrogen-bond donors (Lipinski definition) is 1. The van der Waals surface area contributed by atoms with Crippen LogP contribution in [0.4, 0.5) is 11.4 Å². The molecule has 1 heterocycles. The lowest BCUT2D eigenvalue weighted by molar-refractivity contribution is 0.0746. The maximum atomic E-state index is 12.9. The van der Waals surface area contributed by atoms with Gasteiger partial charge in [-0.1, -0.05) is 62.9 Å². The molecule has 0 atom stereocenters. The molecule has 4 rings (SSSR count). The Bertz CT molecular complexity index is 1190. The number of carbonyl (C=O) groups is 2. The summed E-state index contributed by atoms with van der Waals surface area (Å²) >= 11 is 16.2. The summed E-state index contributed by atoms with van der Waals surface area (Å²) in [6, 6.07) is 18.1. The second-order valence-corrected chi connectivity index (χ2v) is 9.59. The van der Waals surface area contributed by atoms with Crippen molar-refractivity contribution >= 4 is 62.3 Å². The molecule has 0 radical (unpaired) electrons. The van der Waals surface area contributed by atoms with Crippen molar-refractivity contribution in [3.63, 3.8) is 0 Å². The van der Waals surface area contributed by atoms with E-state index in [0.717, 1.165) is 15.7 Å². The van der Waals surface area contributed by atoms with Crippen LogP contribution in [0.5, 0.6) is 0 Å². The van der Waals surface area contributed by atoms with Gasteiger partial charge in [0, 0.05) is 36.2 Å². The van der Waals surface area contributed by atoms with Crippen LogP contribution in [0.15, 0.2) is 65.1 Å². The number of aryl methyl sites for hydroxylation is 1. The van der Waals surface area contributed by atoms with Gasteiger partial charge >= 0.3 is 0 Å². The third-order valence-electron chi connectivity index (χ3n) is 5.59. The van der Waals surface area contributed by atoms with Gasteiger partial charge in [-0.3, -0.25) is 9.59 Å². The van der Waals surface area contributed by atoms with Crippen LogP contribution in [-0.4, -0.2) is 42.9 Å². The number of benzene rings is 3. The first-order chi connectivity index (χ1) is 15.8. The third kappa shape index (κ3) is 5.35. The second kappa shape index (κ2) is 10.2. The van der Waals surface area contributed by atoms with Crippen molar-refractivity contribution in [1.29, 1.82) is 0 Å². The second-order valence-electron chi connectivity index (χ2n) is 7.86. The molecule has 5 nitrogen and oxygen atoms in total. The molecule has 0 spiro atoms. The van der Waals surface area contributed by atoms with Gasteiger partial charge in [0.05, 0.1) is 27.0 Å². The van der Waals surface area contributed by atoms with E-state index >= 15 is 0 Å². The minimum atomic E-state index is -0.321. The Morgan fingerprint density at radius 1 is 0.909 bits per heavy atom. The topological polar surface area (TPSA) is 52.7 Å². The fourth-order valence-corrected chi connectivity index (χ4v) is 4.67. The van der Waals surface area contributed by atoms with Gasteiger partial charge in [-0.2, -0.15) is 0 Å². The van der Waals surface area contributed by atoms with E-state index in [9.17, 15) is 9.59 Å². The molecule has 0 aliphatic carbocycles. The van der Waals surface area contributed by atoms with Gasteiger partial charge in [0.25, 0.3) is 11.8 Å². The highest BCUT2D eigenvalue weighted by molar-refractivity contribution is 9.10. The standard InChI is InChI=1S/C25H22BrCl2N3O2/c1-16-5-7-17(8-6-16)25(33)31-13-11-30(12-14-31)23-21(28)3-2-4-22(23)29-24(32)19-15-18(26)9-10-20(19)27/h2-10,15H,11-14H2,1H3,(H,29,32). The van der Waals surface area contributed by atoms with E-state index in [1.807, 2.05) is 42.2 Å². The van der Waals surface area contributed by atoms with E-state index in [4.69, 9.17) is 23.2 Å². The van der Waals surface area contributed by atoms with E-state index in [-0.39, 0.29) is 11.8 Å². The fraction of sp³-hybridized carbons (Fsp3) is 0.200. The van der Waals surface area contributed by atoms with Crippen molar-refractivity contribution < 1.29 is 9.59 Å². The summed E-state index contributed by atoms with van der Waals surface area (Å²) in [4.78, 5) is 29.7. The van der Waals surface area contributed by atoms with E-state index < -0.39 is 0 Å². The SMILES string of the molecule is Cc1ccc(C(=O)N2CCN(c3c(Cl)cccc3NC(=O)c3cc(Br)ccc3Cl)CC2)cc1. The highest BCUT2D eigenvalue weighted by Gasteiger charge is 2.25. The Labute approximate surface area is 211 Å². The van der Waals surface area contributed by atoms with Crippen LogP contribution in [0, 0.1) is 6.92 Å². The van der Waals surface area contributed by atoms with Crippen LogP contribution in [0.3, 0.4) is 0 Å². The van der Waals surface area contributed by atoms with Crippen LogP contribution in [0.25, 0.3) is 0 Å². The summed E-state index contributed by atoms with van der Waals surface area (Å²) in [6.07, 6.45) is 0. The van der Waals surface area contributed by atoms with Gasteiger partial charge in [0.2, 0.25) is 0 Å². The van der Waals surface area contributed by atoms with Gasteiger partial charge in [-0.25, -0.2) is 0 Å². The number of anilines is 2. The molecule has 0 unspecified atom stereocenters. The zero-order valence-electron chi connectivity index (χ0n) is 17.9. The molecule has 0 aromatic heterocycles. The van der Waals surface area contributed by atoms with Crippen molar-refractivity contribution in [3.05, 3.63) is 91.9 Å². The number of rotatable bonds is 4. The highest BCUT2D eigenvalue weighted by atomic mass is 79.9. The lowest BCUT2D eigenvalue weighted by Gasteiger charge is -2.37. The maximum Gasteiger partial charge on any atom is 0.257 e. The summed E-state index contributed by atoms with van der Waals surface area (Å²) in [5, 5.41) is 3.84. The molecule has 3 aromatic carbocycles. The monoisotopic (exact) mass is 545 g/mol. The molecule has 0 bridgehead atoms. The Kier molecular flexibility index (Phi) is 7.27. The third-order valence-corrected chi connectivity index (χ3v) is 6.72. The molecule has 1 aliphatic heterocycles. The minimum Gasteiger partial charge on any atom is -0.365 e. The molecule has 3 aromatic rings. The van der Waals surface area contributed by atoms with Gasteiger partial charge in [0.1, 0.15) is 0 Å². The van der Waals surface area contributed by atoms with E-state index in [1.165, 1.54) is 0 Å². The summed E-state index contributed by atoms with van der Waals surface area (Å²) in [6.45, 7) is 4.31. The lowest BCUT2D eigenvalue weighted by atomic mass is 10.1. The number of nitrogens with zero attached hydrogens (tertiary/aromatic N) is 2. The Hall–Kier alpha value is -2.54. The van der Waals surface area contributed by atoms with Gasteiger partial charge in [0.15, 0.2) is 0 Å². The zero-order valence-corrected chi connectivity index (χ0v) is 21.0. The summed E-state index contributed by atoms with van der Waals surface area (Å²) in [7, 11) is 0. The molecular formula is C25H22BrCl2N3O2. The predicted molar refractivity (Wildman–Crippen MR) is 138 cm³/mol. The van der Waals surface area contributed by atoms with Crippen LogP contribution < -0.4 is 10.2 Å². The number of hydrogen-bond acceptors (Lipinski definition) is 3. The van der Waals surface area contributed by atoms with Crippen molar-refractivity contribution in [1.82, 2.24) is 4.90 Å². The van der Waals surface area contributed by atoms with Crippen molar-refractivity contribution in [2.75, 3.05) is 36.4 Å². The number of amides is 2.